The number of nitrogens with zero attached hydrogens (tertiary/aromatic N) is 1. The van der Waals surface area contributed by atoms with E-state index in [0.717, 1.165) is 0 Å². The quantitative estimate of drug-likeness (QED) is 0.447. The lowest BCUT2D eigenvalue weighted by Gasteiger charge is -2.06. The Labute approximate surface area is 128 Å². The summed E-state index contributed by atoms with van der Waals surface area (Å²) in [6.45, 7) is 2.27. The fraction of sp³-hybridized carbons (Fsp3) is 0.125. The molecule has 0 aliphatic carbocycles. The molecule has 1 amide bonds. The van der Waals surface area contributed by atoms with Gasteiger partial charge in [0.15, 0.2) is 11.5 Å². The molecule has 0 spiro atoms. The minimum atomic E-state index is -0.354. The molecule has 0 bridgehead atoms. The van der Waals surface area contributed by atoms with Crippen molar-refractivity contribution in [2.24, 2.45) is 5.10 Å². The normalized spacial score (nSPS) is 10.6. The Bertz CT molecular complexity index is 699. The van der Waals surface area contributed by atoms with Crippen molar-refractivity contribution >= 4 is 17.8 Å². The van der Waals surface area contributed by atoms with Gasteiger partial charge in [0.2, 0.25) is 0 Å². The van der Waals surface area contributed by atoms with Gasteiger partial charge in [-0.2, -0.15) is 5.10 Å². The van der Waals surface area contributed by atoms with Gasteiger partial charge in [-0.3, -0.25) is 4.79 Å². The van der Waals surface area contributed by atoms with E-state index in [1.165, 1.54) is 12.3 Å². The Balaban J connectivity index is 2.03. The summed E-state index contributed by atoms with van der Waals surface area (Å²) < 4.78 is 5.27. The predicted octanol–water partition coefficient (Wildman–Crippen LogP) is 2.14. The van der Waals surface area contributed by atoms with Gasteiger partial charge in [-0.25, -0.2) is 5.43 Å². The molecule has 0 radical (unpaired) electrons. The summed E-state index contributed by atoms with van der Waals surface area (Å²) in [5, 5.41) is 13.5. The molecule has 0 saturated carbocycles. The highest BCUT2D eigenvalue weighted by Gasteiger charge is 2.04. The van der Waals surface area contributed by atoms with E-state index >= 15 is 0 Å². The molecule has 2 aromatic carbocycles. The topological polar surface area (TPSA) is 96.9 Å². The van der Waals surface area contributed by atoms with E-state index in [1.807, 2.05) is 6.92 Å². The Morgan fingerprint density at radius 3 is 2.91 bits per heavy atom. The van der Waals surface area contributed by atoms with E-state index in [9.17, 15) is 9.90 Å². The third kappa shape index (κ3) is 3.99. The number of anilines is 1. The van der Waals surface area contributed by atoms with Gasteiger partial charge >= 0.3 is 0 Å². The summed E-state index contributed by atoms with van der Waals surface area (Å²) in [5.74, 6) is 0.0729. The van der Waals surface area contributed by atoms with Crippen LogP contribution in [0.25, 0.3) is 0 Å². The first-order chi connectivity index (χ1) is 10.6. The maximum absolute atomic E-state index is 11.9. The van der Waals surface area contributed by atoms with E-state index in [0.29, 0.717) is 29.2 Å². The molecule has 114 valence electrons. The number of carbonyl (C=O) groups excluding carboxylic acids is 1. The number of phenolic OH excluding ortho intramolecular Hbond substituents is 1. The van der Waals surface area contributed by atoms with Crippen LogP contribution in [-0.4, -0.2) is 23.8 Å². The van der Waals surface area contributed by atoms with E-state index in [-0.39, 0.29) is 11.7 Å². The first-order valence-corrected chi connectivity index (χ1v) is 6.75. The van der Waals surface area contributed by atoms with Crippen molar-refractivity contribution in [2.75, 3.05) is 12.3 Å². The van der Waals surface area contributed by atoms with E-state index < -0.39 is 0 Å². The van der Waals surface area contributed by atoms with Gasteiger partial charge in [-0.05, 0) is 48.9 Å². The number of carbonyl (C=O) groups is 1. The number of rotatable bonds is 5. The maximum Gasteiger partial charge on any atom is 0.271 e. The number of benzene rings is 2. The number of ether oxygens (including phenoxy) is 1. The third-order valence-electron chi connectivity index (χ3n) is 2.81. The second-order valence-electron chi connectivity index (χ2n) is 4.48. The fourth-order valence-electron chi connectivity index (χ4n) is 1.79. The summed E-state index contributed by atoms with van der Waals surface area (Å²) in [6, 6.07) is 11.4. The lowest BCUT2D eigenvalue weighted by molar-refractivity contribution is 0.0955. The summed E-state index contributed by atoms with van der Waals surface area (Å²) in [7, 11) is 0. The minimum Gasteiger partial charge on any atom is -0.504 e. The van der Waals surface area contributed by atoms with Crippen LogP contribution in [0.2, 0.25) is 0 Å². The average Bonchev–Trinajstić information content (AvgIpc) is 2.50. The molecule has 22 heavy (non-hydrogen) atoms. The molecule has 0 fully saturated rings. The van der Waals surface area contributed by atoms with Crippen molar-refractivity contribution < 1.29 is 14.6 Å². The summed E-state index contributed by atoms with van der Waals surface area (Å²) in [6.07, 6.45) is 1.46. The number of nitrogens with one attached hydrogen (secondary N) is 1. The summed E-state index contributed by atoms with van der Waals surface area (Å²) >= 11 is 0. The van der Waals surface area contributed by atoms with E-state index in [2.05, 4.69) is 10.5 Å². The predicted molar refractivity (Wildman–Crippen MR) is 85.2 cm³/mol. The van der Waals surface area contributed by atoms with Crippen LogP contribution >= 0.6 is 0 Å². The second kappa shape index (κ2) is 7.12. The molecule has 0 atom stereocenters. The van der Waals surface area contributed by atoms with E-state index in [4.69, 9.17) is 10.5 Å². The smallest absolute Gasteiger partial charge is 0.271 e. The number of nitrogen functional groups attached to an aromatic ring is 1. The average molecular weight is 299 g/mol. The van der Waals surface area contributed by atoms with Crippen LogP contribution in [0.4, 0.5) is 5.69 Å². The highest BCUT2D eigenvalue weighted by atomic mass is 16.5. The lowest BCUT2D eigenvalue weighted by atomic mass is 10.2. The molecule has 2 rings (SSSR count). The lowest BCUT2D eigenvalue weighted by Crippen LogP contribution is -2.17. The molecule has 0 aliphatic heterocycles. The van der Waals surface area contributed by atoms with Gasteiger partial charge in [0.05, 0.1) is 12.8 Å². The van der Waals surface area contributed by atoms with Gasteiger partial charge in [0.1, 0.15) is 0 Å². The standard InChI is InChI=1S/C16H17N3O3/c1-2-22-15-8-11(6-7-14(15)20)10-18-19-16(21)12-4-3-5-13(17)9-12/h3-10,20H,2,17H2,1H3,(H,19,21)/b18-10-. The fourth-order valence-corrected chi connectivity index (χ4v) is 1.79. The zero-order valence-electron chi connectivity index (χ0n) is 12.1. The maximum atomic E-state index is 11.9. The first-order valence-electron chi connectivity index (χ1n) is 6.75. The highest BCUT2D eigenvalue weighted by molar-refractivity contribution is 5.95. The van der Waals surface area contributed by atoms with Crippen molar-refractivity contribution in [2.45, 2.75) is 6.92 Å². The number of phenols is 1. The second-order valence-corrected chi connectivity index (χ2v) is 4.48. The summed E-state index contributed by atoms with van der Waals surface area (Å²) in [5.41, 5.74) is 9.66. The van der Waals surface area contributed by atoms with Crippen LogP contribution in [0.15, 0.2) is 47.6 Å². The molecule has 0 aromatic heterocycles. The SMILES string of the molecule is CCOc1cc(/C=N\NC(=O)c2cccc(N)c2)ccc1O. The zero-order chi connectivity index (χ0) is 15.9. The Morgan fingerprint density at radius 2 is 2.18 bits per heavy atom. The van der Waals surface area contributed by atoms with Crippen molar-refractivity contribution in [3.05, 3.63) is 53.6 Å². The molecule has 0 heterocycles. The Hall–Kier alpha value is -3.02. The molecule has 6 heteroatoms. The molecular weight excluding hydrogens is 282 g/mol. The van der Waals surface area contributed by atoms with Gasteiger partial charge < -0.3 is 15.6 Å². The Kier molecular flexibility index (Phi) is 4.98. The largest absolute Gasteiger partial charge is 0.504 e. The summed E-state index contributed by atoms with van der Waals surface area (Å²) in [4.78, 5) is 11.9. The Morgan fingerprint density at radius 1 is 1.36 bits per heavy atom. The monoisotopic (exact) mass is 299 g/mol. The number of aromatic hydroxyl groups is 1. The van der Waals surface area contributed by atoms with E-state index in [1.54, 1.807) is 36.4 Å². The van der Waals surface area contributed by atoms with Crippen LogP contribution < -0.4 is 15.9 Å². The van der Waals surface area contributed by atoms with Gasteiger partial charge in [-0.15, -0.1) is 0 Å². The van der Waals surface area contributed by atoms with Crippen molar-refractivity contribution in [3.8, 4) is 11.5 Å². The van der Waals surface area contributed by atoms with Crippen LogP contribution in [0, 0.1) is 0 Å². The third-order valence-corrected chi connectivity index (χ3v) is 2.81. The molecule has 0 aliphatic rings. The van der Waals surface area contributed by atoms with Crippen LogP contribution in [0.3, 0.4) is 0 Å². The highest BCUT2D eigenvalue weighted by Crippen LogP contribution is 2.26. The minimum absolute atomic E-state index is 0.0581. The van der Waals surface area contributed by atoms with Crippen LogP contribution in [-0.2, 0) is 0 Å². The number of hydrogen-bond acceptors (Lipinski definition) is 5. The number of amides is 1. The van der Waals surface area contributed by atoms with Crippen molar-refractivity contribution in [3.63, 3.8) is 0 Å². The zero-order valence-corrected chi connectivity index (χ0v) is 12.1. The molecule has 0 unspecified atom stereocenters. The first kappa shape index (κ1) is 15.4. The van der Waals surface area contributed by atoms with Crippen molar-refractivity contribution in [1.82, 2.24) is 5.43 Å². The molecular formula is C16H17N3O3. The van der Waals surface area contributed by atoms with Crippen molar-refractivity contribution in [1.29, 1.82) is 0 Å². The van der Waals surface area contributed by atoms with Gasteiger partial charge in [0.25, 0.3) is 5.91 Å². The van der Waals surface area contributed by atoms with Gasteiger partial charge in [-0.1, -0.05) is 6.07 Å². The number of hydrogen-bond donors (Lipinski definition) is 3. The van der Waals surface area contributed by atoms with Crippen LogP contribution in [0.1, 0.15) is 22.8 Å². The number of hydrazone groups is 1. The molecule has 2 aromatic rings. The number of nitrogens with two attached hydrogens (primary N) is 1. The molecule has 4 N–H and O–H groups in total. The molecule has 6 nitrogen and oxygen atoms in total. The van der Waals surface area contributed by atoms with Crippen LogP contribution in [0.5, 0.6) is 11.5 Å². The molecule has 0 saturated heterocycles. The van der Waals surface area contributed by atoms with Gasteiger partial charge in [0, 0.05) is 11.3 Å².